The van der Waals surface area contributed by atoms with Gasteiger partial charge in [0.1, 0.15) is 0 Å². The number of likely N-dealkylation sites (tertiary alicyclic amines) is 1. The van der Waals surface area contributed by atoms with E-state index >= 15 is 0 Å². The Labute approximate surface area is 121 Å². The monoisotopic (exact) mass is 323 g/mol. The number of hydrogen-bond acceptors (Lipinski definition) is 3. The van der Waals surface area contributed by atoms with Crippen molar-refractivity contribution in [2.45, 2.75) is 25.3 Å². The van der Waals surface area contributed by atoms with Gasteiger partial charge in [-0.05, 0) is 53.7 Å². The number of aromatic nitrogens is 1. The number of rotatable bonds is 4. The molecular weight excluding hydrogens is 306 g/mol. The first-order valence-electron chi connectivity index (χ1n) is 6.85. The summed E-state index contributed by atoms with van der Waals surface area (Å²) in [6, 6.07) is 2.64. The first-order chi connectivity index (χ1) is 9.22. The van der Waals surface area contributed by atoms with Gasteiger partial charge in [0.05, 0.1) is 5.56 Å². The van der Waals surface area contributed by atoms with Crippen molar-refractivity contribution < 1.29 is 4.79 Å². The van der Waals surface area contributed by atoms with Gasteiger partial charge in [0.2, 0.25) is 0 Å². The molecule has 1 atom stereocenters. The highest BCUT2D eigenvalue weighted by Gasteiger charge is 2.34. The molecule has 3 rings (SSSR count). The van der Waals surface area contributed by atoms with Crippen LogP contribution in [0.25, 0.3) is 0 Å². The molecule has 1 aliphatic carbocycles. The van der Waals surface area contributed by atoms with Crippen molar-refractivity contribution in [1.82, 2.24) is 15.2 Å². The fourth-order valence-electron chi connectivity index (χ4n) is 2.68. The van der Waals surface area contributed by atoms with E-state index < -0.39 is 0 Å². The molecule has 0 unspecified atom stereocenters. The maximum atomic E-state index is 12.0. The van der Waals surface area contributed by atoms with Crippen molar-refractivity contribution in [3.8, 4) is 0 Å². The summed E-state index contributed by atoms with van der Waals surface area (Å²) in [4.78, 5) is 18.6. The lowest BCUT2D eigenvalue weighted by atomic mass is 10.1. The van der Waals surface area contributed by atoms with Crippen molar-refractivity contribution in [3.63, 3.8) is 0 Å². The lowest BCUT2D eigenvalue weighted by Crippen LogP contribution is -2.31. The maximum absolute atomic E-state index is 12.0. The fourth-order valence-corrected chi connectivity index (χ4v) is 3.04. The molecule has 0 aromatic carbocycles. The van der Waals surface area contributed by atoms with Crippen LogP contribution in [-0.4, -0.2) is 41.5 Å². The zero-order chi connectivity index (χ0) is 13.2. The molecule has 1 aromatic heterocycles. The van der Waals surface area contributed by atoms with Crippen LogP contribution >= 0.6 is 15.9 Å². The summed E-state index contributed by atoms with van der Waals surface area (Å²) in [6.07, 6.45) is 7.21. The highest BCUT2D eigenvalue weighted by Crippen LogP contribution is 2.31. The van der Waals surface area contributed by atoms with Gasteiger partial charge in [-0.1, -0.05) is 0 Å². The molecule has 102 valence electrons. The summed E-state index contributed by atoms with van der Waals surface area (Å²) in [5, 5.41) is 3.02. The average molecular weight is 324 g/mol. The quantitative estimate of drug-likeness (QED) is 0.922. The minimum Gasteiger partial charge on any atom is -0.352 e. The third kappa shape index (κ3) is 3.34. The van der Waals surface area contributed by atoms with Crippen LogP contribution in [0.2, 0.25) is 0 Å². The van der Waals surface area contributed by atoms with Gasteiger partial charge in [-0.25, -0.2) is 0 Å². The second kappa shape index (κ2) is 5.59. The number of amides is 1. The molecule has 2 aliphatic rings. The van der Waals surface area contributed by atoms with Crippen LogP contribution in [0.5, 0.6) is 0 Å². The van der Waals surface area contributed by atoms with Gasteiger partial charge in [-0.3, -0.25) is 9.78 Å². The Morgan fingerprint density at radius 1 is 1.42 bits per heavy atom. The minimum atomic E-state index is -0.0290. The van der Waals surface area contributed by atoms with Gasteiger partial charge < -0.3 is 10.2 Å². The topological polar surface area (TPSA) is 45.2 Å². The first kappa shape index (κ1) is 13.1. The highest BCUT2D eigenvalue weighted by molar-refractivity contribution is 9.10. The summed E-state index contributed by atoms with van der Waals surface area (Å²) < 4.78 is 0.834. The smallest absolute Gasteiger partial charge is 0.252 e. The second-order valence-corrected chi connectivity index (χ2v) is 6.40. The largest absolute Gasteiger partial charge is 0.352 e. The van der Waals surface area contributed by atoms with Gasteiger partial charge in [0.25, 0.3) is 5.91 Å². The zero-order valence-electron chi connectivity index (χ0n) is 10.8. The highest BCUT2D eigenvalue weighted by atomic mass is 79.9. The van der Waals surface area contributed by atoms with Crippen LogP contribution in [0.15, 0.2) is 22.9 Å². The van der Waals surface area contributed by atoms with Crippen molar-refractivity contribution >= 4 is 21.8 Å². The van der Waals surface area contributed by atoms with E-state index in [1.165, 1.54) is 25.8 Å². The second-order valence-electron chi connectivity index (χ2n) is 5.48. The Balaban J connectivity index is 1.48. The molecule has 0 spiro atoms. The molecular formula is C14H18BrN3O. The summed E-state index contributed by atoms with van der Waals surface area (Å²) >= 11 is 3.33. The normalized spacial score (nSPS) is 23.5. The predicted octanol–water partition coefficient (Wildman–Crippen LogP) is 2.06. The van der Waals surface area contributed by atoms with Crippen molar-refractivity contribution in [1.29, 1.82) is 0 Å². The van der Waals surface area contributed by atoms with Crippen LogP contribution < -0.4 is 5.32 Å². The molecule has 1 saturated heterocycles. The minimum absolute atomic E-state index is 0.0290. The van der Waals surface area contributed by atoms with Crippen LogP contribution in [0, 0.1) is 5.92 Å². The summed E-state index contributed by atoms with van der Waals surface area (Å²) in [5.41, 5.74) is 0.617. The molecule has 1 aromatic rings. The van der Waals surface area contributed by atoms with Gasteiger partial charge in [-0.15, -0.1) is 0 Å². The molecule has 1 N–H and O–H groups in total. The van der Waals surface area contributed by atoms with E-state index in [0.29, 0.717) is 11.5 Å². The Bertz CT molecular complexity index is 476. The molecule has 0 radical (unpaired) electrons. The summed E-state index contributed by atoms with van der Waals surface area (Å²) in [5.74, 6) is 0.573. The van der Waals surface area contributed by atoms with Crippen LogP contribution in [0.1, 0.15) is 29.6 Å². The van der Waals surface area contributed by atoms with Crippen LogP contribution in [-0.2, 0) is 0 Å². The summed E-state index contributed by atoms with van der Waals surface area (Å²) in [6.45, 7) is 3.11. The Kier molecular flexibility index (Phi) is 3.84. The van der Waals surface area contributed by atoms with Crippen LogP contribution in [0.4, 0.5) is 0 Å². The number of nitrogens with one attached hydrogen (secondary N) is 1. The summed E-state index contributed by atoms with van der Waals surface area (Å²) in [7, 11) is 0. The molecule has 5 heteroatoms. The molecule has 2 heterocycles. The molecule has 0 bridgehead atoms. The predicted molar refractivity (Wildman–Crippen MR) is 77.0 cm³/mol. The van der Waals surface area contributed by atoms with E-state index in [1.807, 2.05) is 0 Å². The SMILES string of the molecule is O=C(NC[C@H]1CCN(C2CC2)C1)c1cncc(Br)c1. The Morgan fingerprint density at radius 2 is 2.26 bits per heavy atom. The number of halogens is 1. The lowest BCUT2D eigenvalue weighted by Gasteiger charge is -2.15. The standard InChI is InChI=1S/C14H18BrN3O/c15-12-5-11(7-16-8-12)14(19)17-6-10-3-4-18(9-10)13-1-2-13/h5,7-8,10,13H,1-4,6,9H2,(H,17,19)/t10-/m1/s1. The van der Waals surface area contributed by atoms with E-state index in [9.17, 15) is 4.79 Å². The van der Waals surface area contributed by atoms with Crippen molar-refractivity contribution in [2.75, 3.05) is 19.6 Å². The van der Waals surface area contributed by atoms with Crippen molar-refractivity contribution in [2.24, 2.45) is 5.92 Å². The third-order valence-corrected chi connectivity index (χ3v) is 4.33. The maximum Gasteiger partial charge on any atom is 0.252 e. The number of pyridine rings is 1. The molecule has 1 aliphatic heterocycles. The van der Waals surface area contributed by atoms with E-state index in [-0.39, 0.29) is 5.91 Å². The van der Waals surface area contributed by atoms with Crippen LogP contribution in [0.3, 0.4) is 0 Å². The third-order valence-electron chi connectivity index (χ3n) is 3.90. The number of nitrogens with zero attached hydrogens (tertiary/aromatic N) is 2. The molecule has 1 saturated carbocycles. The van der Waals surface area contributed by atoms with E-state index in [1.54, 1.807) is 18.5 Å². The molecule has 19 heavy (non-hydrogen) atoms. The fraction of sp³-hybridized carbons (Fsp3) is 0.571. The van der Waals surface area contributed by atoms with Gasteiger partial charge in [0.15, 0.2) is 0 Å². The molecule has 4 nitrogen and oxygen atoms in total. The Morgan fingerprint density at radius 3 is 3.00 bits per heavy atom. The molecule has 2 fully saturated rings. The van der Waals surface area contributed by atoms with E-state index in [0.717, 1.165) is 23.6 Å². The van der Waals surface area contributed by atoms with E-state index in [4.69, 9.17) is 0 Å². The first-order valence-corrected chi connectivity index (χ1v) is 7.64. The lowest BCUT2D eigenvalue weighted by molar-refractivity contribution is 0.0947. The zero-order valence-corrected chi connectivity index (χ0v) is 12.4. The average Bonchev–Trinajstić information content (AvgIpc) is 3.15. The van der Waals surface area contributed by atoms with Gasteiger partial charge in [-0.2, -0.15) is 0 Å². The van der Waals surface area contributed by atoms with E-state index in [2.05, 4.69) is 31.1 Å². The number of hydrogen-bond donors (Lipinski definition) is 1. The van der Waals surface area contributed by atoms with Gasteiger partial charge >= 0.3 is 0 Å². The van der Waals surface area contributed by atoms with Crippen molar-refractivity contribution in [3.05, 3.63) is 28.5 Å². The Hall–Kier alpha value is -0.940. The molecule has 1 amide bonds. The number of carbonyl (C=O) groups is 1. The van der Waals surface area contributed by atoms with Gasteiger partial charge in [0, 0.05) is 36.0 Å². The number of carbonyl (C=O) groups excluding carboxylic acids is 1.